The molecule has 1 unspecified atom stereocenters. The fraction of sp³-hybridized carbons (Fsp3) is 0.231. The van der Waals surface area contributed by atoms with E-state index in [2.05, 4.69) is 41.4 Å². The number of anilines is 2. The normalized spacial score (nSPS) is 15.7. The number of carbonyl (C=O) groups excluding carboxylic acids is 1. The molecule has 1 amide bonds. The van der Waals surface area contributed by atoms with Gasteiger partial charge in [0.2, 0.25) is 0 Å². The zero-order valence-corrected chi connectivity index (χ0v) is 17.8. The van der Waals surface area contributed by atoms with E-state index in [1.807, 2.05) is 25.1 Å². The molecule has 1 fully saturated rings. The van der Waals surface area contributed by atoms with Gasteiger partial charge in [-0.25, -0.2) is 4.79 Å². The monoisotopic (exact) mass is 414 g/mol. The molecule has 0 radical (unpaired) electrons. The van der Waals surface area contributed by atoms with Crippen molar-refractivity contribution in [3.8, 4) is 0 Å². The van der Waals surface area contributed by atoms with Crippen LogP contribution in [0.25, 0.3) is 0 Å². The summed E-state index contributed by atoms with van der Waals surface area (Å²) >= 11 is 0. The molecule has 3 aromatic carbocycles. The molecule has 3 aromatic rings. The van der Waals surface area contributed by atoms with Gasteiger partial charge < -0.3 is 15.3 Å². The van der Waals surface area contributed by atoms with E-state index < -0.39 is 5.97 Å². The summed E-state index contributed by atoms with van der Waals surface area (Å²) in [6, 6.07) is 21.0. The van der Waals surface area contributed by atoms with Crippen LogP contribution in [0.3, 0.4) is 0 Å². The van der Waals surface area contributed by atoms with Gasteiger partial charge in [-0.3, -0.25) is 4.79 Å². The van der Waals surface area contributed by atoms with E-state index in [4.69, 9.17) is 0 Å². The third kappa shape index (κ3) is 4.45. The number of aryl methyl sites for hydroxylation is 2. The Kier molecular flexibility index (Phi) is 5.76. The summed E-state index contributed by atoms with van der Waals surface area (Å²) < 4.78 is 0. The molecule has 5 nitrogen and oxygen atoms in total. The number of carbonyl (C=O) groups is 2. The van der Waals surface area contributed by atoms with Crippen molar-refractivity contribution in [2.45, 2.75) is 26.2 Å². The average molecular weight is 415 g/mol. The third-order valence-corrected chi connectivity index (χ3v) is 5.94. The molecular formula is C26H26N2O3. The molecule has 158 valence electrons. The molecule has 0 aliphatic carbocycles. The second-order valence-corrected chi connectivity index (χ2v) is 8.15. The number of aromatic carboxylic acids is 1. The van der Waals surface area contributed by atoms with Crippen LogP contribution in [0.5, 0.6) is 0 Å². The van der Waals surface area contributed by atoms with E-state index in [-0.39, 0.29) is 11.5 Å². The Bertz CT molecular complexity index is 1140. The van der Waals surface area contributed by atoms with Crippen LogP contribution < -0.4 is 10.2 Å². The van der Waals surface area contributed by atoms with Gasteiger partial charge in [-0.1, -0.05) is 48.0 Å². The lowest BCUT2D eigenvalue weighted by Crippen LogP contribution is -2.21. The van der Waals surface area contributed by atoms with Crippen molar-refractivity contribution < 1.29 is 14.7 Å². The predicted molar refractivity (Wildman–Crippen MR) is 123 cm³/mol. The first-order chi connectivity index (χ1) is 14.9. The zero-order valence-electron chi connectivity index (χ0n) is 17.8. The summed E-state index contributed by atoms with van der Waals surface area (Å²) in [5, 5.41) is 12.5. The molecule has 4 rings (SSSR count). The van der Waals surface area contributed by atoms with Crippen molar-refractivity contribution in [1.82, 2.24) is 0 Å². The molecule has 1 saturated heterocycles. The van der Waals surface area contributed by atoms with Crippen molar-refractivity contribution in [3.63, 3.8) is 0 Å². The SMILES string of the molecule is Cc1cccc(C2CCN(c3ccc(NC(=O)c4ccccc4C)c(C(=O)O)c3)C2)c1. The highest BCUT2D eigenvalue weighted by Crippen LogP contribution is 2.33. The van der Waals surface area contributed by atoms with Crippen molar-refractivity contribution in [1.29, 1.82) is 0 Å². The first-order valence-corrected chi connectivity index (χ1v) is 10.5. The van der Waals surface area contributed by atoms with Gasteiger partial charge in [0.25, 0.3) is 5.91 Å². The van der Waals surface area contributed by atoms with Gasteiger partial charge in [0.15, 0.2) is 0 Å². The maximum Gasteiger partial charge on any atom is 0.337 e. The lowest BCUT2D eigenvalue weighted by molar-refractivity contribution is 0.0698. The van der Waals surface area contributed by atoms with Crippen molar-refractivity contribution in [3.05, 3.63) is 94.5 Å². The Balaban J connectivity index is 1.55. The molecule has 2 N–H and O–H groups in total. The van der Waals surface area contributed by atoms with Crippen molar-refractivity contribution >= 4 is 23.3 Å². The minimum Gasteiger partial charge on any atom is -0.478 e. The zero-order chi connectivity index (χ0) is 22.0. The largest absolute Gasteiger partial charge is 0.478 e. The number of hydrogen-bond donors (Lipinski definition) is 2. The molecule has 1 atom stereocenters. The van der Waals surface area contributed by atoms with E-state index in [1.165, 1.54) is 11.1 Å². The topological polar surface area (TPSA) is 69.6 Å². The van der Waals surface area contributed by atoms with E-state index >= 15 is 0 Å². The molecule has 0 saturated carbocycles. The van der Waals surface area contributed by atoms with Crippen molar-refractivity contribution in [2.24, 2.45) is 0 Å². The predicted octanol–water partition coefficient (Wildman–Crippen LogP) is 5.25. The summed E-state index contributed by atoms with van der Waals surface area (Å²) in [5.41, 5.74) is 5.20. The number of amides is 1. The van der Waals surface area contributed by atoms with Gasteiger partial charge in [-0.15, -0.1) is 0 Å². The van der Waals surface area contributed by atoms with Crippen LogP contribution in [-0.2, 0) is 0 Å². The Morgan fingerprint density at radius 2 is 1.77 bits per heavy atom. The molecule has 31 heavy (non-hydrogen) atoms. The fourth-order valence-corrected chi connectivity index (χ4v) is 4.22. The highest BCUT2D eigenvalue weighted by atomic mass is 16.4. The molecule has 1 aliphatic rings. The van der Waals surface area contributed by atoms with Gasteiger partial charge in [-0.05, 0) is 55.7 Å². The minimum absolute atomic E-state index is 0.0958. The Labute approximate surface area is 182 Å². The van der Waals surface area contributed by atoms with E-state index in [0.29, 0.717) is 17.2 Å². The summed E-state index contributed by atoms with van der Waals surface area (Å²) in [7, 11) is 0. The molecule has 5 heteroatoms. The molecule has 0 spiro atoms. The molecule has 0 bridgehead atoms. The lowest BCUT2D eigenvalue weighted by atomic mass is 9.97. The highest BCUT2D eigenvalue weighted by Gasteiger charge is 2.25. The van der Waals surface area contributed by atoms with Crippen LogP contribution in [0.1, 0.15) is 49.7 Å². The van der Waals surface area contributed by atoms with Crippen LogP contribution in [0.2, 0.25) is 0 Å². The number of benzene rings is 3. The number of nitrogens with zero attached hydrogens (tertiary/aromatic N) is 1. The summed E-state index contributed by atoms with van der Waals surface area (Å²) in [4.78, 5) is 26.8. The maximum atomic E-state index is 12.7. The molecule has 1 aliphatic heterocycles. The van der Waals surface area contributed by atoms with Gasteiger partial charge in [-0.2, -0.15) is 0 Å². The smallest absolute Gasteiger partial charge is 0.337 e. The van der Waals surface area contributed by atoms with Crippen LogP contribution in [0, 0.1) is 13.8 Å². The highest BCUT2D eigenvalue weighted by molar-refractivity contribution is 6.08. The first-order valence-electron chi connectivity index (χ1n) is 10.5. The molecular weight excluding hydrogens is 388 g/mol. The number of hydrogen-bond acceptors (Lipinski definition) is 3. The number of rotatable bonds is 5. The Hall–Kier alpha value is -3.60. The quantitative estimate of drug-likeness (QED) is 0.598. The summed E-state index contributed by atoms with van der Waals surface area (Å²) in [6.07, 6.45) is 1.03. The van der Waals surface area contributed by atoms with E-state index in [1.54, 1.807) is 24.3 Å². The number of carboxylic acid groups (broad SMARTS) is 1. The maximum absolute atomic E-state index is 12.7. The van der Waals surface area contributed by atoms with E-state index in [0.717, 1.165) is 30.8 Å². The van der Waals surface area contributed by atoms with Gasteiger partial charge in [0.05, 0.1) is 11.3 Å². The van der Waals surface area contributed by atoms with Gasteiger partial charge in [0.1, 0.15) is 0 Å². The Morgan fingerprint density at radius 3 is 2.52 bits per heavy atom. The first kappa shape index (κ1) is 20.7. The third-order valence-electron chi connectivity index (χ3n) is 5.94. The van der Waals surface area contributed by atoms with Crippen molar-refractivity contribution in [2.75, 3.05) is 23.3 Å². The molecule has 1 heterocycles. The summed E-state index contributed by atoms with van der Waals surface area (Å²) in [6.45, 7) is 5.66. The molecule has 0 aromatic heterocycles. The number of nitrogens with one attached hydrogen (secondary N) is 1. The lowest BCUT2D eigenvalue weighted by Gasteiger charge is -2.21. The Morgan fingerprint density at radius 1 is 0.968 bits per heavy atom. The standard InChI is InChI=1S/C26H26N2O3/c1-17-6-5-8-19(14-17)20-12-13-28(16-20)21-10-11-24(23(15-21)26(30)31)27-25(29)22-9-4-3-7-18(22)2/h3-11,14-15,20H,12-13,16H2,1-2H3,(H,27,29)(H,30,31). The van der Waals surface area contributed by atoms with Crippen LogP contribution >= 0.6 is 0 Å². The number of carboxylic acids is 1. The summed E-state index contributed by atoms with van der Waals surface area (Å²) in [5.74, 6) is -0.945. The minimum atomic E-state index is -1.06. The van der Waals surface area contributed by atoms with Crippen LogP contribution in [0.15, 0.2) is 66.7 Å². The van der Waals surface area contributed by atoms with Gasteiger partial charge >= 0.3 is 5.97 Å². The van der Waals surface area contributed by atoms with Crippen LogP contribution in [0.4, 0.5) is 11.4 Å². The van der Waals surface area contributed by atoms with Gasteiger partial charge in [0, 0.05) is 30.3 Å². The van der Waals surface area contributed by atoms with E-state index in [9.17, 15) is 14.7 Å². The van der Waals surface area contributed by atoms with Crippen LogP contribution in [-0.4, -0.2) is 30.1 Å². The second kappa shape index (κ2) is 8.64. The second-order valence-electron chi connectivity index (χ2n) is 8.15. The average Bonchev–Trinajstić information content (AvgIpc) is 3.24. The fourth-order valence-electron chi connectivity index (χ4n) is 4.22.